The molecule has 3 heterocycles. The average Bonchev–Trinajstić information content (AvgIpc) is 3.95. The van der Waals surface area contributed by atoms with Crippen LogP contribution in [0.5, 0.6) is 0 Å². The maximum atomic E-state index is 5.51. The first-order valence-corrected chi connectivity index (χ1v) is 23.0. The van der Waals surface area contributed by atoms with Crippen molar-refractivity contribution in [2.24, 2.45) is 0 Å². The molecule has 0 fully saturated rings. The fourth-order valence-electron chi connectivity index (χ4n) is 10.2. The van der Waals surface area contributed by atoms with Gasteiger partial charge in [0.25, 0.3) is 0 Å². The number of aromatic nitrogens is 5. The summed E-state index contributed by atoms with van der Waals surface area (Å²) in [7, 11) is 0. The predicted octanol–water partition coefficient (Wildman–Crippen LogP) is 16.1. The van der Waals surface area contributed by atoms with Crippen molar-refractivity contribution in [3.63, 3.8) is 0 Å². The number of hydrogen-bond donors (Lipinski definition) is 0. The minimum atomic E-state index is 0.537. The van der Waals surface area contributed by atoms with Crippen LogP contribution in [0.1, 0.15) is 0 Å². The van der Waals surface area contributed by atoms with E-state index in [0.717, 1.165) is 93.8 Å². The van der Waals surface area contributed by atoms with Crippen LogP contribution in [0.4, 0.5) is 0 Å². The summed E-state index contributed by atoms with van der Waals surface area (Å²) in [6, 6.07) is 88.2. The molecule has 0 amide bonds. The van der Waals surface area contributed by atoms with Crippen molar-refractivity contribution < 1.29 is 0 Å². The lowest BCUT2D eigenvalue weighted by Gasteiger charge is -2.19. The highest BCUT2D eigenvalue weighted by Crippen LogP contribution is 2.52. The van der Waals surface area contributed by atoms with E-state index in [1.807, 2.05) is 24.3 Å². The lowest BCUT2D eigenvalue weighted by atomic mass is 9.86. The molecule has 3 aromatic heterocycles. The molecule has 5 nitrogen and oxygen atoms in total. The number of nitrogens with zero attached hydrogens (tertiary/aromatic N) is 5. The molecule has 13 rings (SSSR count). The minimum Gasteiger partial charge on any atom is -0.307 e. The molecule has 0 atom stereocenters. The zero-order valence-electron chi connectivity index (χ0n) is 36.9. The van der Waals surface area contributed by atoms with Gasteiger partial charge >= 0.3 is 0 Å². The van der Waals surface area contributed by atoms with Gasteiger partial charge in [0.2, 0.25) is 5.95 Å². The predicted molar refractivity (Wildman–Crippen MR) is 281 cm³/mol. The highest BCUT2D eigenvalue weighted by molar-refractivity contribution is 6.33. The van der Waals surface area contributed by atoms with E-state index in [4.69, 9.17) is 15.0 Å². The molecular weight excluding hydrogens is 827 g/mol. The molecule has 5 heteroatoms. The normalized spacial score (nSPS) is 11.5. The third-order valence-electron chi connectivity index (χ3n) is 13.2. The number of rotatable bonds is 8. The fourth-order valence-corrected chi connectivity index (χ4v) is 10.2. The summed E-state index contributed by atoms with van der Waals surface area (Å²) in [5, 5.41) is 4.53. The second-order valence-electron chi connectivity index (χ2n) is 17.1. The Labute approximate surface area is 393 Å². The summed E-state index contributed by atoms with van der Waals surface area (Å²) >= 11 is 0. The summed E-state index contributed by atoms with van der Waals surface area (Å²) in [6.07, 6.45) is 0. The molecule has 0 bridgehead atoms. The van der Waals surface area contributed by atoms with Crippen molar-refractivity contribution in [1.29, 1.82) is 0 Å². The van der Waals surface area contributed by atoms with Crippen LogP contribution < -0.4 is 0 Å². The second kappa shape index (κ2) is 16.4. The van der Waals surface area contributed by atoms with Gasteiger partial charge in [0, 0.05) is 49.5 Å². The molecular formula is C63H41N5. The lowest BCUT2D eigenvalue weighted by molar-refractivity contribution is 0.953. The van der Waals surface area contributed by atoms with E-state index < -0.39 is 0 Å². The van der Waals surface area contributed by atoms with Gasteiger partial charge in [0.15, 0.2) is 11.6 Å². The van der Waals surface area contributed by atoms with Crippen LogP contribution in [0.2, 0.25) is 0 Å². The van der Waals surface area contributed by atoms with E-state index in [9.17, 15) is 0 Å². The molecule has 318 valence electrons. The van der Waals surface area contributed by atoms with E-state index in [0.29, 0.717) is 17.6 Å². The number of para-hydroxylation sites is 3. The first-order chi connectivity index (χ1) is 33.8. The molecule has 0 unspecified atom stereocenters. The monoisotopic (exact) mass is 867 g/mol. The van der Waals surface area contributed by atoms with Gasteiger partial charge in [-0.15, -0.1) is 0 Å². The van der Waals surface area contributed by atoms with Crippen molar-refractivity contribution >= 4 is 43.6 Å². The van der Waals surface area contributed by atoms with Crippen LogP contribution in [0, 0.1) is 0 Å². The van der Waals surface area contributed by atoms with E-state index in [2.05, 4.69) is 234 Å². The smallest absolute Gasteiger partial charge is 0.238 e. The van der Waals surface area contributed by atoms with Gasteiger partial charge < -0.3 is 4.57 Å². The van der Waals surface area contributed by atoms with Crippen LogP contribution in [0.15, 0.2) is 249 Å². The number of benzene rings is 10. The Morgan fingerprint density at radius 1 is 0.265 bits per heavy atom. The molecule has 0 N–H and O–H groups in total. The minimum absolute atomic E-state index is 0.537. The number of fused-ring (bicyclic) bond motifs is 7. The van der Waals surface area contributed by atoms with Crippen molar-refractivity contribution in [1.82, 2.24) is 24.1 Å². The molecule has 68 heavy (non-hydrogen) atoms. The van der Waals surface area contributed by atoms with Crippen LogP contribution in [-0.4, -0.2) is 24.1 Å². The maximum Gasteiger partial charge on any atom is 0.238 e. The zero-order valence-corrected chi connectivity index (χ0v) is 36.9. The molecule has 0 saturated heterocycles. The summed E-state index contributed by atoms with van der Waals surface area (Å²) in [6.45, 7) is 0. The summed E-state index contributed by atoms with van der Waals surface area (Å²) < 4.78 is 4.75. The van der Waals surface area contributed by atoms with Crippen LogP contribution in [0.3, 0.4) is 0 Å². The van der Waals surface area contributed by atoms with Crippen molar-refractivity contribution in [3.8, 4) is 78.9 Å². The van der Waals surface area contributed by atoms with E-state index in [1.54, 1.807) is 0 Å². The van der Waals surface area contributed by atoms with Gasteiger partial charge in [0.1, 0.15) is 0 Å². The molecule has 0 aliphatic carbocycles. The Hall–Kier alpha value is -9.19. The Balaban J connectivity index is 1.22. The van der Waals surface area contributed by atoms with Gasteiger partial charge in [-0.05, 0) is 63.7 Å². The van der Waals surface area contributed by atoms with Crippen molar-refractivity contribution in [3.05, 3.63) is 249 Å². The Kier molecular flexibility index (Phi) is 9.43. The molecule has 13 aromatic rings. The standard InChI is InChI=1S/C63H41N5/c1-6-21-42(22-7-1)44-37-39-47(40-38-44)62-64-61(46-27-12-4-13-28-46)65-63(66-62)68-54-36-19-17-34-52(54)58-56(49-30-20-29-48(41-49)43-23-8-2-9-24-43)55(45-25-10-3-11-26-45)57-51-33-16-18-35-53(51)67(59(57)60(58)68)50-31-14-5-15-32-50/h1-41H. The summed E-state index contributed by atoms with van der Waals surface area (Å²) in [4.78, 5) is 16.2. The lowest BCUT2D eigenvalue weighted by Crippen LogP contribution is -2.07. The third-order valence-corrected chi connectivity index (χ3v) is 13.2. The van der Waals surface area contributed by atoms with Crippen molar-refractivity contribution in [2.75, 3.05) is 0 Å². The van der Waals surface area contributed by atoms with Crippen LogP contribution in [0.25, 0.3) is 123 Å². The molecule has 0 saturated carbocycles. The second-order valence-corrected chi connectivity index (χ2v) is 17.1. The molecule has 0 aliphatic rings. The van der Waals surface area contributed by atoms with E-state index in [-0.39, 0.29) is 0 Å². The molecule has 0 aliphatic heterocycles. The van der Waals surface area contributed by atoms with Gasteiger partial charge in [-0.2, -0.15) is 9.97 Å². The number of hydrogen-bond acceptors (Lipinski definition) is 3. The Morgan fingerprint density at radius 3 is 1.24 bits per heavy atom. The van der Waals surface area contributed by atoms with Gasteiger partial charge in [0.05, 0.1) is 22.1 Å². The van der Waals surface area contributed by atoms with Crippen LogP contribution in [-0.2, 0) is 0 Å². The van der Waals surface area contributed by atoms with E-state index in [1.165, 1.54) is 11.1 Å². The average molecular weight is 868 g/mol. The van der Waals surface area contributed by atoms with Gasteiger partial charge in [-0.3, -0.25) is 4.57 Å². The van der Waals surface area contributed by atoms with Crippen molar-refractivity contribution in [2.45, 2.75) is 0 Å². The topological polar surface area (TPSA) is 48.5 Å². The zero-order chi connectivity index (χ0) is 45.0. The first-order valence-electron chi connectivity index (χ1n) is 23.0. The fraction of sp³-hybridized carbons (Fsp3) is 0. The molecule has 10 aromatic carbocycles. The largest absolute Gasteiger partial charge is 0.307 e. The van der Waals surface area contributed by atoms with Gasteiger partial charge in [-0.25, -0.2) is 4.98 Å². The third kappa shape index (κ3) is 6.51. The Bertz CT molecular complexity index is 3970. The highest BCUT2D eigenvalue weighted by atomic mass is 15.2. The molecule has 0 spiro atoms. The molecule has 0 radical (unpaired) electrons. The summed E-state index contributed by atoms with van der Waals surface area (Å²) in [5.74, 6) is 1.73. The quantitative estimate of drug-likeness (QED) is 0.153. The van der Waals surface area contributed by atoms with E-state index >= 15 is 0 Å². The first kappa shape index (κ1) is 39.2. The highest BCUT2D eigenvalue weighted by Gasteiger charge is 2.30. The van der Waals surface area contributed by atoms with Gasteiger partial charge in [-0.1, -0.05) is 218 Å². The Morgan fingerprint density at radius 2 is 0.647 bits per heavy atom. The maximum absolute atomic E-state index is 5.51. The summed E-state index contributed by atoms with van der Waals surface area (Å²) in [5.41, 5.74) is 16.2. The SMILES string of the molecule is c1ccc(-c2ccc(-c3nc(-c4ccccc4)nc(-n4c5ccccc5c5c(-c6cccc(-c7ccccc7)c6)c(-c6ccccc6)c6c7ccccc7n(-c7ccccc7)c6c54)n3)cc2)cc1. The van der Waals surface area contributed by atoms with Crippen LogP contribution >= 0.6 is 0 Å².